The highest BCUT2D eigenvalue weighted by molar-refractivity contribution is 5.89. The molecular formula is C18H16N2O6. The smallest absolute Gasteiger partial charge is 0.319 e. The van der Waals surface area contributed by atoms with Gasteiger partial charge in [0.05, 0.1) is 12.8 Å². The molecule has 1 aliphatic rings. The number of benzene rings is 1. The number of rotatable bonds is 5. The molecule has 2 aromatic heterocycles. The first-order valence-electron chi connectivity index (χ1n) is 7.95. The van der Waals surface area contributed by atoms with Crippen LogP contribution >= 0.6 is 0 Å². The zero-order valence-corrected chi connectivity index (χ0v) is 13.6. The molecule has 3 aromatic rings. The number of carbonyl (C=O) groups excluding carboxylic acids is 1. The van der Waals surface area contributed by atoms with Crippen LogP contribution in [0.2, 0.25) is 0 Å². The number of hydrogen-bond donors (Lipinski definition) is 3. The van der Waals surface area contributed by atoms with Crippen LogP contribution in [0.4, 0.5) is 10.5 Å². The van der Waals surface area contributed by atoms with E-state index in [1.54, 1.807) is 42.5 Å². The molecule has 1 aromatic carbocycles. The molecule has 0 saturated carbocycles. The summed E-state index contributed by atoms with van der Waals surface area (Å²) in [6.45, 7) is 0.155. The molecule has 0 bridgehead atoms. The molecule has 0 aliphatic carbocycles. The fourth-order valence-electron chi connectivity index (χ4n) is 2.52. The first-order chi connectivity index (χ1) is 12.7. The van der Waals surface area contributed by atoms with E-state index in [-0.39, 0.29) is 13.3 Å². The largest absolute Gasteiger partial charge is 0.461 e. The summed E-state index contributed by atoms with van der Waals surface area (Å²) in [5.74, 6) is 2.62. The van der Waals surface area contributed by atoms with E-state index in [1.165, 1.54) is 6.26 Å². The van der Waals surface area contributed by atoms with Crippen molar-refractivity contribution < 1.29 is 28.2 Å². The minimum absolute atomic E-state index is 0.0124. The Balaban J connectivity index is 1.31. The van der Waals surface area contributed by atoms with Gasteiger partial charge < -0.3 is 34.0 Å². The molecule has 1 unspecified atom stereocenters. The van der Waals surface area contributed by atoms with E-state index in [2.05, 4.69) is 10.6 Å². The molecule has 8 heteroatoms. The number of aliphatic hydroxyl groups excluding tert-OH is 1. The van der Waals surface area contributed by atoms with Crippen molar-refractivity contribution in [2.75, 3.05) is 18.7 Å². The zero-order chi connectivity index (χ0) is 17.9. The maximum absolute atomic E-state index is 12.0. The molecule has 0 spiro atoms. The number of anilines is 1. The van der Waals surface area contributed by atoms with E-state index in [9.17, 15) is 9.90 Å². The van der Waals surface area contributed by atoms with Crippen LogP contribution < -0.4 is 20.1 Å². The number of carbonyl (C=O) groups is 1. The van der Waals surface area contributed by atoms with Gasteiger partial charge in [-0.25, -0.2) is 4.79 Å². The summed E-state index contributed by atoms with van der Waals surface area (Å²) in [6.07, 6.45) is 0.553. The Labute approximate surface area is 148 Å². The van der Waals surface area contributed by atoms with Crippen LogP contribution in [0.3, 0.4) is 0 Å². The van der Waals surface area contributed by atoms with Gasteiger partial charge in [0.15, 0.2) is 23.0 Å². The average Bonchev–Trinajstić information content (AvgIpc) is 3.39. The standard InChI is InChI=1S/C18H16N2O6/c21-12(13-5-6-16(26-13)14-2-1-7-23-14)9-19-18(22)20-11-3-4-15-17(8-11)25-10-24-15/h1-8,12,21H,9-10H2,(H2,19,20,22). The van der Waals surface area contributed by atoms with Gasteiger partial charge in [0.1, 0.15) is 11.9 Å². The van der Waals surface area contributed by atoms with Crippen molar-refractivity contribution in [1.82, 2.24) is 5.32 Å². The maximum Gasteiger partial charge on any atom is 0.319 e. The molecule has 4 rings (SSSR count). The topological polar surface area (TPSA) is 106 Å². The number of aliphatic hydroxyl groups is 1. The number of fused-ring (bicyclic) bond motifs is 1. The molecule has 1 atom stereocenters. The number of nitrogens with one attached hydrogen (secondary N) is 2. The third-order valence-corrected chi connectivity index (χ3v) is 3.81. The van der Waals surface area contributed by atoms with Gasteiger partial charge in [0.2, 0.25) is 6.79 Å². The van der Waals surface area contributed by atoms with Gasteiger partial charge in [0.25, 0.3) is 0 Å². The molecule has 3 N–H and O–H groups in total. The Hall–Kier alpha value is -3.39. The van der Waals surface area contributed by atoms with Gasteiger partial charge in [-0.1, -0.05) is 0 Å². The summed E-state index contributed by atoms with van der Waals surface area (Å²) in [4.78, 5) is 12.0. The minimum Gasteiger partial charge on any atom is -0.461 e. The van der Waals surface area contributed by atoms with Crippen LogP contribution in [0.5, 0.6) is 11.5 Å². The van der Waals surface area contributed by atoms with Crippen LogP contribution in [-0.4, -0.2) is 24.5 Å². The molecular weight excluding hydrogens is 340 g/mol. The first kappa shape index (κ1) is 16.1. The molecule has 134 valence electrons. The lowest BCUT2D eigenvalue weighted by atomic mass is 10.2. The zero-order valence-electron chi connectivity index (χ0n) is 13.6. The fourth-order valence-corrected chi connectivity index (χ4v) is 2.52. The van der Waals surface area contributed by atoms with Crippen molar-refractivity contribution in [2.45, 2.75) is 6.10 Å². The van der Waals surface area contributed by atoms with E-state index in [0.717, 1.165) is 0 Å². The third kappa shape index (κ3) is 3.35. The molecule has 8 nitrogen and oxygen atoms in total. The Morgan fingerprint density at radius 1 is 1.12 bits per heavy atom. The summed E-state index contributed by atoms with van der Waals surface area (Å²) in [5.41, 5.74) is 0.555. The second-order valence-electron chi connectivity index (χ2n) is 5.60. The van der Waals surface area contributed by atoms with Gasteiger partial charge in [-0.3, -0.25) is 0 Å². The Morgan fingerprint density at radius 3 is 2.85 bits per heavy atom. The van der Waals surface area contributed by atoms with Crippen LogP contribution in [0.1, 0.15) is 11.9 Å². The van der Waals surface area contributed by atoms with E-state index >= 15 is 0 Å². The summed E-state index contributed by atoms with van der Waals surface area (Å²) in [5, 5.41) is 15.4. The Bertz CT molecular complexity index is 902. The Morgan fingerprint density at radius 2 is 2.00 bits per heavy atom. The predicted molar refractivity (Wildman–Crippen MR) is 91.0 cm³/mol. The Kier molecular flexibility index (Phi) is 4.24. The van der Waals surface area contributed by atoms with E-state index in [0.29, 0.717) is 34.5 Å². The highest BCUT2D eigenvalue weighted by Crippen LogP contribution is 2.34. The fraction of sp³-hybridized carbons (Fsp3) is 0.167. The molecule has 0 saturated heterocycles. The highest BCUT2D eigenvalue weighted by atomic mass is 16.7. The molecule has 1 aliphatic heterocycles. The summed E-state index contributed by atoms with van der Waals surface area (Å²) >= 11 is 0. The van der Waals surface area contributed by atoms with E-state index < -0.39 is 12.1 Å². The lowest BCUT2D eigenvalue weighted by Crippen LogP contribution is -2.32. The van der Waals surface area contributed by atoms with Crippen molar-refractivity contribution in [3.63, 3.8) is 0 Å². The van der Waals surface area contributed by atoms with Gasteiger partial charge in [0, 0.05) is 11.8 Å². The monoisotopic (exact) mass is 356 g/mol. The van der Waals surface area contributed by atoms with E-state index in [4.69, 9.17) is 18.3 Å². The quantitative estimate of drug-likeness (QED) is 0.648. The van der Waals surface area contributed by atoms with Crippen molar-refractivity contribution in [2.24, 2.45) is 0 Å². The summed E-state index contributed by atoms with van der Waals surface area (Å²) in [6, 6.07) is 11.5. The van der Waals surface area contributed by atoms with Crippen LogP contribution in [0.25, 0.3) is 11.5 Å². The number of amides is 2. The van der Waals surface area contributed by atoms with Gasteiger partial charge in [-0.15, -0.1) is 0 Å². The SMILES string of the molecule is O=C(NCC(O)c1ccc(-c2ccco2)o1)Nc1ccc2c(c1)OCO2. The predicted octanol–water partition coefficient (Wildman–Crippen LogP) is 3.12. The van der Waals surface area contributed by atoms with E-state index in [1.807, 2.05) is 0 Å². The normalized spacial score (nSPS) is 13.4. The van der Waals surface area contributed by atoms with Crippen molar-refractivity contribution >= 4 is 11.7 Å². The van der Waals surface area contributed by atoms with Gasteiger partial charge in [-0.2, -0.15) is 0 Å². The van der Waals surface area contributed by atoms with Crippen LogP contribution in [-0.2, 0) is 0 Å². The molecule has 26 heavy (non-hydrogen) atoms. The number of furan rings is 2. The van der Waals surface area contributed by atoms with Crippen LogP contribution in [0.15, 0.2) is 57.6 Å². The highest BCUT2D eigenvalue weighted by Gasteiger charge is 2.17. The molecule has 2 amide bonds. The third-order valence-electron chi connectivity index (χ3n) is 3.81. The van der Waals surface area contributed by atoms with Gasteiger partial charge >= 0.3 is 6.03 Å². The molecule has 0 radical (unpaired) electrons. The number of hydrogen-bond acceptors (Lipinski definition) is 6. The number of ether oxygens (including phenoxy) is 2. The van der Waals surface area contributed by atoms with Crippen molar-refractivity contribution in [1.29, 1.82) is 0 Å². The minimum atomic E-state index is -0.985. The number of urea groups is 1. The lowest BCUT2D eigenvalue weighted by molar-refractivity contribution is 0.150. The van der Waals surface area contributed by atoms with Gasteiger partial charge in [-0.05, 0) is 36.4 Å². The van der Waals surface area contributed by atoms with Crippen molar-refractivity contribution in [3.8, 4) is 23.0 Å². The second-order valence-corrected chi connectivity index (χ2v) is 5.60. The summed E-state index contributed by atoms with van der Waals surface area (Å²) < 4.78 is 21.2. The molecule has 0 fully saturated rings. The van der Waals surface area contributed by atoms with Crippen LogP contribution in [0, 0.1) is 0 Å². The second kappa shape index (κ2) is 6.85. The lowest BCUT2D eigenvalue weighted by Gasteiger charge is -2.11. The molecule has 3 heterocycles. The average molecular weight is 356 g/mol. The maximum atomic E-state index is 12.0. The van der Waals surface area contributed by atoms with Crippen molar-refractivity contribution in [3.05, 3.63) is 54.5 Å². The summed E-state index contributed by atoms with van der Waals surface area (Å²) in [7, 11) is 0. The first-order valence-corrected chi connectivity index (χ1v) is 7.95.